The Balaban J connectivity index is 1.61. The van der Waals surface area contributed by atoms with E-state index in [1.165, 1.54) is 6.42 Å². The van der Waals surface area contributed by atoms with Crippen LogP contribution in [0, 0.1) is 0 Å². The molecule has 0 aromatic rings. The summed E-state index contributed by atoms with van der Waals surface area (Å²) in [6.07, 6.45) is 6.12. The number of hydrogen-bond acceptors (Lipinski definition) is 5. The van der Waals surface area contributed by atoms with Crippen LogP contribution in [0.25, 0.3) is 0 Å². The average Bonchev–Trinajstić information content (AvgIpc) is 3.00. The normalized spacial score (nSPS) is 22.6. The van der Waals surface area contributed by atoms with Gasteiger partial charge < -0.3 is 14.8 Å². The highest BCUT2D eigenvalue weighted by Crippen LogP contribution is 2.17. The minimum absolute atomic E-state index is 0.126. The van der Waals surface area contributed by atoms with Gasteiger partial charge in [-0.2, -0.15) is 0 Å². The van der Waals surface area contributed by atoms with Crippen LogP contribution in [0.15, 0.2) is 0 Å². The van der Waals surface area contributed by atoms with Crippen molar-refractivity contribution in [2.45, 2.75) is 57.1 Å². The molecular formula is C14H22N2O5. The second-order valence-corrected chi connectivity index (χ2v) is 5.47. The van der Waals surface area contributed by atoms with Gasteiger partial charge in [-0.05, 0) is 25.7 Å². The lowest BCUT2D eigenvalue weighted by Crippen LogP contribution is -2.46. The van der Waals surface area contributed by atoms with Crippen LogP contribution in [0.5, 0.6) is 0 Å². The molecule has 2 rings (SSSR count). The quantitative estimate of drug-likeness (QED) is 0.751. The monoisotopic (exact) mass is 298 g/mol. The molecule has 2 fully saturated rings. The lowest BCUT2D eigenvalue weighted by molar-refractivity contribution is -0.157. The van der Waals surface area contributed by atoms with Crippen LogP contribution >= 0.6 is 0 Å². The van der Waals surface area contributed by atoms with E-state index in [4.69, 9.17) is 9.47 Å². The van der Waals surface area contributed by atoms with Crippen LogP contribution in [-0.2, 0) is 19.1 Å². The van der Waals surface area contributed by atoms with Gasteiger partial charge >= 0.3 is 12.0 Å². The van der Waals surface area contributed by atoms with E-state index >= 15 is 0 Å². The van der Waals surface area contributed by atoms with E-state index in [-0.39, 0.29) is 6.04 Å². The van der Waals surface area contributed by atoms with Gasteiger partial charge in [-0.3, -0.25) is 10.1 Å². The van der Waals surface area contributed by atoms with E-state index < -0.39 is 30.6 Å². The molecule has 0 aromatic heterocycles. The number of rotatable bonds is 4. The van der Waals surface area contributed by atoms with Gasteiger partial charge in [0.15, 0.2) is 12.7 Å². The molecule has 3 amide bonds. The molecule has 1 aliphatic heterocycles. The standard InChI is InChI=1S/C14H22N2O5/c17-12(9-21-13(18)11-7-4-8-20-11)16-14(19)15-10-5-2-1-3-6-10/h10-11H,1-9H2,(H2,15,16,17,19)/t11-/m0/s1. The molecule has 0 radical (unpaired) electrons. The predicted octanol–water partition coefficient (Wildman–Crippen LogP) is 0.867. The van der Waals surface area contributed by atoms with Crippen molar-refractivity contribution in [3.8, 4) is 0 Å². The number of carbonyl (C=O) groups excluding carboxylic acids is 3. The molecule has 21 heavy (non-hydrogen) atoms. The van der Waals surface area contributed by atoms with E-state index in [1.54, 1.807) is 0 Å². The second kappa shape index (κ2) is 7.97. The molecule has 1 heterocycles. The maximum absolute atomic E-state index is 11.6. The molecule has 7 nitrogen and oxygen atoms in total. The van der Waals surface area contributed by atoms with Crippen LogP contribution in [0.2, 0.25) is 0 Å². The van der Waals surface area contributed by atoms with Crippen molar-refractivity contribution in [1.29, 1.82) is 0 Å². The maximum atomic E-state index is 11.6. The summed E-state index contributed by atoms with van der Waals surface area (Å²) in [5.74, 6) is -1.18. The summed E-state index contributed by atoms with van der Waals surface area (Å²) in [6.45, 7) is 0.0759. The topological polar surface area (TPSA) is 93.7 Å². The number of ether oxygens (including phenoxy) is 2. The Morgan fingerprint density at radius 3 is 2.48 bits per heavy atom. The summed E-state index contributed by atoms with van der Waals surface area (Å²) < 4.78 is 9.97. The largest absolute Gasteiger partial charge is 0.454 e. The summed E-state index contributed by atoms with van der Waals surface area (Å²) in [7, 11) is 0. The number of urea groups is 1. The highest BCUT2D eigenvalue weighted by molar-refractivity contribution is 5.95. The van der Waals surface area contributed by atoms with Gasteiger partial charge in [0.25, 0.3) is 5.91 Å². The summed E-state index contributed by atoms with van der Waals surface area (Å²) in [5.41, 5.74) is 0. The van der Waals surface area contributed by atoms with Gasteiger partial charge in [-0.25, -0.2) is 9.59 Å². The number of carbonyl (C=O) groups is 3. The molecule has 1 aliphatic carbocycles. The van der Waals surface area contributed by atoms with Gasteiger partial charge in [0.2, 0.25) is 0 Å². The lowest BCUT2D eigenvalue weighted by Gasteiger charge is -2.22. The Morgan fingerprint density at radius 1 is 1.05 bits per heavy atom. The minimum atomic E-state index is -0.630. The first-order valence-electron chi connectivity index (χ1n) is 7.54. The molecule has 2 N–H and O–H groups in total. The Labute approximate surface area is 123 Å². The van der Waals surface area contributed by atoms with Crippen molar-refractivity contribution in [3.05, 3.63) is 0 Å². The molecule has 2 aliphatic rings. The molecule has 1 saturated carbocycles. The van der Waals surface area contributed by atoms with Crippen molar-refractivity contribution in [2.24, 2.45) is 0 Å². The van der Waals surface area contributed by atoms with E-state index in [1.807, 2.05) is 0 Å². The number of esters is 1. The van der Waals surface area contributed by atoms with Crippen molar-refractivity contribution in [2.75, 3.05) is 13.2 Å². The molecule has 1 atom stereocenters. The fraction of sp³-hybridized carbons (Fsp3) is 0.786. The van der Waals surface area contributed by atoms with Crippen molar-refractivity contribution in [3.63, 3.8) is 0 Å². The van der Waals surface area contributed by atoms with Gasteiger partial charge in [-0.15, -0.1) is 0 Å². The molecular weight excluding hydrogens is 276 g/mol. The summed E-state index contributed by atoms with van der Waals surface area (Å²) in [4.78, 5) is 34.7. The van der Waals surface area contributed by atoms with Crippen LogP contribution in [0.3, 0.4) is 0 Å². The van der Waals surface area contributed by atoms with Crippen molar-refractivity contribution in [1.82, 2.24) is 10.6 Å². The number of nitrogens with one attached hydrogen (secondary N) is 2. The lowest BCUT2D eigenvalue weighted by atomic mass is 9.96. The zero-order chi connectivity index (χ0) is 15.1. The van der Waals surface area contributed by atoms with Crippen molar-refractivity contribution >= 4 is 17.9 Å². The average molecular weight is 298 g/mol. The number of amides is 3. The Morgan fingerprint density at radius 2 is 1.81 bits per heavy atom. The van der Waals surface area contributed by atoms with E-state index in [0.29, 0.717) is 13.0 Å². The number of imide groups is 1. The highest BCUT2D eigenvalue weighted by atomic mass is 16.6. The predicted molar refractivity (Wildman–Crippen MR) is 73.5 cm³/mol. The van der Waals surface area contributed by atoms with E-state index in [0.717, 1.165) is 32.1 Å². The maximum Gasteiger partial charge on any atom is 0.335 e. The van der Waals surface area contributed by atoms with Crippen LogP contribution in [-0.4, -0.2) is 43.3 Å². The van der Waals surface area contributed by atoms with Gasteiger partial charge in [-0.1, -0.05) is 19.3 Å². The first-order chi connectivity index (χ1) is 10.1. The molecule has 118 valence electrons. The van der Waals surface area contributed by atoms with Gasteiger partial charge in [0, 0.05) is 12.6 Å². The third-order valence-corrected chi connectivity index (χ3v) is 3.73. The number of hydrogen-bond donors (Lipinski definition) is 2. The molecule has 0 bridgehead atoms. The fourth-order valence-electron chi connectivity index (χ4n) is 2.62. The summed E-state index contributed by atoms with van der Waals surface area (Å²) >= 11 is 0. The SMILES string of the molecule is O=C(COC(=O)[C@@H]1CCCO1)NC(=O)NC1CCCCC1. The molecule has 7 heteroatoms. The third-order valence-electron chi connectivity index (χ3n) is 3.73. The Kier molecular flexibility index (Phi) is 5.98. The molecule has 0 unspecified atom stereocenters. The van der Waals surface area contributed by atoms with Gasteiger partial charge in [0.05, 0.1) is 0 Å². The van der Waals surface area contributed by atoms with Gasteiger partial charge in [0.1, 0.15) is 0 Å². The second-order valence-electron chi connectivity index (χ2n) is 5.47. The van der Waals surface area contributed by atoms with Crippen LogP contribution < -0.4 is 10.6 Å². The zero-order valence-electron chi connectivity index (χ0n) is 12.1. The molecule has 1 saturated heterocycles. The smallest absolute Gasteiger partial charge is 0.335 e. The van der Waals surface area contributed by atoms with Crippen molar-refractivity contribution < 1.29 is 23.9 Å². The highest BCUT2D eigenvalue weighted by Gasteiger charge is 2.26. The Hall–Kier alpha value is -1.63. The first-order valence-corrected chi connectivity index (χ1v) is 7.54. The molecule has 0 aromatic carbocycles. The summed E-state index contributed by atoms with van der Waals surface area (Å²) in [6, 6.07) is -0.402. The van der Waals surface area contributed by atoms with E-state index in [2.05, 4.69) is 10.6 Å². The summed E-state index contributed by atoms with van der Waals surface area (Å²) in [5, 5.41) is 4.92. The molecule has 0 spiro atoms. The van der Waals surface area contributed by atoms with Crippen LogP contribution in [0.1, 0.15) is 44.9 Å². The Bertz CT molecular complexity index is 387. The zero-order valence-corrected chi connectivity index (χ0v) is 12.1. The fourth-order valence-corrected chi connectivity index (χ4v) is 2.62. The van der Waals surface area contributed by atoms with Crippen LogP contribution in [0.4, 0.5) is 4.79 Å². The first kappa shape index (κ1) is 15.8. The minimum Gasteiger partial charge on any atom is -0.454 e. The van der Waals surface area contributed by atoms with E-state index in [9.17, 15) is 14.4 Å². The third kappa shape index (κ3) is 5.34.